The predicted molar refractivity (Wildman–Crippen MR) is 58.4 cm³/mol. The van der Waals surface area contributed by atoms with Crippen molar-refractivity contribution in [2.24, 2.45) is 0 Å². The quantitative estimate of drug-likeness (QED) is 0.691. The molecule has 1 heterocycles. The van der Waals surface area contributed by atoms with E-state index in [2.05, 4.69) is 10.3 Å². The first-order valence-corrected chi connectivity index (χ1v) is 5.18. The number of aliphatic hydroxyl groups excluding tert-OH is 1. The van der Waals surface area contributed by atoms with Crippen molar-refractivity contribution in [2.75, 3.05) is 19.8 Å². The van der Waals surface area contributed by atoms with Crippen LogP contribution < -0.4 is 5.32 Å². The Morgan fingerprint density at radius 1 is 1.60 bits per heavy atom. The van der Waals surface area contributed by atoms with E-state index in [0.717, 1.165) is 12.1 Å². The molecule has 0 aliphatic carbocycles. The molecule has 0 bridgehead atoms. The number of nitrogens with zero attached hydrogens (tertiary/aromatic N) is 1. The lowest BCUT2D eigenvalue weighted by atomic mass is 10.3. The van der Waals surface area contributed by atoms with Crippen molar-refractivity contribution in [3.63, 3.8) is 0 Å². The van der Waals surface area contributed by atoms with Crippen molar-refractivity contribution in [1.82, 2.24) is 10.3 Å². The van der Waals surface area contributed by atoms with E-state index in [-0.39, 0.29) is 0 Å². The Hall–Kier alpha value is -0.970. The second-order valence-electron chi connectivity index (χ2n) is 3.31. The lowest BCUT2D eigenvalue weighted by Crippen LogP contribution is -2.30. The highest BCUT2D eigenvalue weighted by molar-refractivity contribution is 5.07. The summed E-state index contributed by atoms with van der Waals surface area (Å²) in [4.78, 5) is 4.00. The minimum atomic E-state index is -0.443. The summed E-state index contributed by atoms with van der Waals surface area (Å²) in [5, 5.41) is 12.6. The SMILES string of the molecule is CCOCC(O)CNCc1cccnc1. The third-order valence-electron chi connectivity index (χ3n) is 1.95. The average Bonchev–Trinajstić information content (AvgIpc) is 2.28. The van der Waals surface area contributed by atoms with E-state index < -0.39 is 6.10 Å². The van der Waals surface area contributed by atoms with Gasteiger partial charge in [-0.1, -0.05) is 6.07 Å². The van der Waals surface area contributed by atoms with Gasteiger partial charge in [0.05, 0.1) is 12.7 Å². The number of hydrogen-bond acceptors (Lipinski definition) is 4. The van der Waals surface area contributed by atoms with Crippen LogP contribution in [0.25, 0.3) is 0 Å². The number of nitrogens with one attached hydrogen (secondary N) is 1. The second kappa shape index (κ2) is 7.34. The molecule has 0 saturated carbocycles. The maximum Gasteiger partial charge on any atom is 0.0897 e. The van der Waals surface area contributed by atoms with Crippen molar-refractivity contribution in [2.45, 2.75) is 19.6 Å². The molecule has 0 aliphatic heterocycles. The minimum absolute atomic E-state index is 0.385. The molecular weight excluding hydrogens is 192 g/mol. The van der Waals surface area contributed by atoms with Crippen molar-refractivity contribution in [1.29, 1.82) is 0 Å². The van der Waals surface area contributed by atoms with Gasteiger partial charge in [-0.25, -0.2) is 0 Å². The zero-order chi connectivity index (χ0) is 10.9. The normalized spacial score (nSPS) is 12.7. The fourth-order valence-corrected chi connectivity index (χ4v) is 1.20. The molecule has 4 nitrogen and oxygen atoms in total. The third-order valence-corrected chi connectivity index (χ3v) is 1.95. The van der Waals surface area contributed by atoms with Gasteiger partial charge in [0.2, 0.25) is 0 Å². The van der Waals surface area contributed by atoms with Crippen molar-refractivity contribution in [3.8, 4) is 0 Å². The summed E-state index contributed by atoms with van der Waals surface area (Å²) >= 11 is 0. The van der Waals surface area contributed by atoms with Gasteiger partial charge in [0.25, 0.3) is 0 Å². The number of rotatable bonds is 7. The molecule has 1 aromatic heterocycles. The first-order chi connectivity index (χ1) is 7.33. The summed E-state index contributed by atoms with van der Waals surface area (Å²) in [7, 11) is 0. The molecule has 1 atom stereocenters. The van der Waals surface area contributed by atoms with Crippen molar-refractivity contribution < 1.29 is 9.84 Å². The molecule has 2 N–H and O–H groups in total. The van der Waals surface area contributed by atoms with E-state index in [9.17, 15) is 5.11 Å². The second-order valence-corrected chi connectivity index (χ2v) is 3.31. The summed E-state index contributed by atoms with van der Waals surface area (Å²) in [5.41, 5.74) is 1.11. The van der Waals surface area contributed by atoms with Gasteiger partial charge in [0, 0.05) is 32.1 Å². The predicted octanol–water partition coefficient (Wildman–Crippen LogP) is 0.569. The van der Waals surface area contributed by atoms with Gasteiger partial charge in [-0.15, -0.1) is 0 Å². The summed E-state index contributed by atoms with van der Waals surface area (Å²) in [5.74, 6) is 0. The Labute approximate surface area is 90.3 Å². The molecule has 1 aromatic rings. The maximum absolute atomic E-state index is 9.46. The summed E-state index contributed by atoms with van der Waals surface area (Å²) in [6.45, 7) is 4.19. The zero-order valence-corrected chi connectivity index (χ0v) is 9.02. The Morgan fingerprint density at radius 2 is 2.47 bits per heavy atom. The molecule has 0 amide bonds. The monoisotopic (exact) mass is 210 g/mol. The molecular formula is C11H18N2O2. The Balaban J connectivity index is 2.11. The van der Waals surface area contributed by atoms with Crippen LogP contribution in [0, 0.1) is 0 Å². The van der Waals surface area contributed by atoms with Gasteiger partial charge in [0.1, 0.15) is 0 Å². The van der Waals surface area contributed by atoms with Crippen LogP contribution in [-0.2, 0) is 11.3 Å². The molecule has 0 radical (unpaired) electrons. The summed E-state index contributed by atoms with van der Waals surface area (Å²) < 4.78 is 5.10. The van der Waals surface area contributed by atoms with Gasteiger partial charge in [-0.3, -0.25) is 4.98 Å². The van der Waals surface area contributed by atoms with Crippen LogP contribution in [0.5, 0.6) is 0 Å². The van der Waals surface area contributed by atoms with Gasteiger partial charge >= 0.3 is 0 Å². The molecule has 84 valence electrons. The first kappa shape index (κ1) is 12.1. The van der Waals surface area contributed by atoms with E-state index in [0.29, 0.717) is 19.8 Å². The van der Waals surface area contributed by atoms with Crippen LogP contribution >= 0.6 is 0 Å². The van der Waals surface area contributed by atoms with Gasteiger partial charge in [-0.2, -0.15) is 0 Å². The highest BCUT2D eigenvalue weighted by Crippen LogP contribution is 1.94. The van der Waals surface area contributed by atoms with Crippen LogP contribution in [0.15, 0.2) is 24.5 Å². The Morgan fingerprint density at radius 3 is 3.13 bits per heavy atom. The van der Waals surface area contributed by atoms with E-state index in [4.69, 9.17) is 4.74 Å². The maximum atomic E-state index is 9.46. The number of pyridine rings is 1. The van der Waals surface area contributed by atoms with Gasteiger partial charge < -0.3 is 15.2 Å². The van der Waals surface area contributed by atoms with E-state index in [1.807, 2.05) is 25.3 Å². The highest BCUT2D eigenvalue weighted by Gasteiger charge is 2.02. The van der Waals surface area contributed by atoms with Crippen molar-refractivity contribution in [3.05, 3.63) is 30.1 Å². The topological polar surface area (TPSA) is 54.4 Å². The van der Waals surface area contributed by atoms with E-state index in [1.165, 1.54) is 0 Å². The number of aliphatic hydroxyl groups is 1. The molecule has 1 rings (SSSR count). The van der Waals surface area contributed by atoms with Crippen LogP contribution in [0.3, 0.4) is 0 Å². The molecule has 0 aromatic carbocycles. The molecule has 0 saturated heterocycles. The molecule has 0 fully saturated rings. The third kappa shape index (κ3) is 5.47. The van der Waals surface area contributed by atoms with Gasteiger partial charge in [0.15, 0.2) is 0 Å². The zero-order valence-electron chi connectivity index (χ0n) is 9.02. The number of ether oxygens (including phenoxy) is 1. The van der Waals surface area contributed by atoms with Crippen LogP contribution in [0.4, 0.5) is 0 Å². The summed E-state index contributed by atoms with van der Waals surface area (Å²) in [6.07, 6.45) is 3.11. The van der Waals surface area contributed by atoms with E-state index >= 15 is 0 Å². The van der Waals surface area contributed by atoms with Gasteiger partial charge in [-0.05, 0) is 18.6 Å². The number of hydrogen-bond donors (Lipinski definition) is 2. The molecule has 4 heteroatoms. The lowest BCUT2D eigenvalue weighted by molar-refractivity contribution is 0.0427. The van der Waals surface area contributed by atoms with Crippen LogP contribution in [-0.4, -0.2) is 36.0 Å². The average molecular weight is 210 g/mol. The molecule has 0 aliphatic rings. The standard InChI is InChI=1S/C11H18N2O2/c1-2-15-9-11(14)8-13-7-10-4-3-5-12-6-10/h3-6,11,13-14H,2,7-9H2,1H3. The smallest absolute Gasteiger partial charge is 0.0897 e. The highest BCUT2D eigenvalue weighted by atomic mass is 16.5. The first-order valence-electron chi connectivity index (χ1n) is 5.18. The number of aromatic nitrogens is 1. The molecule has 15 heavy (non-hydrogen) atoms. The fraction of sp³-hybridized carbons (Fsp3) is 0.545. The van der Waals surface area contributed by atoms with E-state index in [1.54, 1.807) is 6.20 Å². The Kier molecular flexibility index (Phi) is 5.92. The Bertz CT molecular complexity index is 254. The summed E-state index contributed by atoms with van der Waals surface area (Å²) in [6, 6.07) is 3.89. The lowest BCUT2D eigenvalue weighted by Gasteiger charge is -2.11. The van der Waals surface area contributed by atoms with Crippen LogP contribution in [0.1, 0.15) is 12.5 Å². The largest absolute Gasteiger partial charge is 0.389 e. The fourth-order valence-electron chi connectivity index (χ4n) is 1.20. The van der Waals surface area contributed by atoms with Crippen molar-refractivity contribution >= 4 is 0 Å². The minimum Gasteiger partial charge on any atom is -0.389 e. The van der Waals surface area contributed by atoms with Crippen LogP contribution in [0.2, 0.25) is 0 Å². The molecule has 0 spiro atoms. The molecule has 1 unspecified atom stereocenters.